The maximum absolute atomic E-state index is 5.64. The van der Waals surface area contributed by atoms with E-state index in [0.29, 0.717) is 11.6 Å². The summed E-state index contributed by atoms with van der Waals surface area (Å²) in [6, 6.07) is 6.22. The highest BCUT2D eigenvalue weighted by Crippen LogP contribution is 2.31. The van der Waals surface area contributed by atoms with Gasteiger partial charge in [0, 0.05) is 0 Å². The number of ether oxygens (including phenoxy) is 1. The van der Waals surface area contributed by atoms with Crippen LogP contribution in [0.15, 0.2) is 18.2 Å². The van der Waals surface area contributed by atoms with E-state index in [1.54, 1.807) is 0 Å². The first-order valence-electron chi connectivity index (χ1n) is 5.33. The van der Waals surface area contributed by atoms with Crippen molar-refractivity contribution < 1.29 is 4.74 Å². The minimum absolute atomic E-state index is 0.0548. The van der Waals surface area contributed by atoms with Crippen molar-refractivity contribution in [3.63, 3.8) is 0 Å². The van der Waals surface area contributed by atoms with Gasteiger partial charge in [0.25, 0.3) is 0 Å². The third-order valence-corrected chi connectivity index (χ3v) is 2.43. The first-order chi connectivity index (χ1) is 7.30. The fourth-order valence-corrected chi connectivity index (χ4v) is 1.58. The average Bonchev–Trinajstić information content (AvgIpc) is 2.12. The van der Waals surface area contributed by atoms with E-state index in [4.69, 9.17) is 22.7 Å². The minimum Gasteiger partial charge on any atom is -0.486 e. The van der Waals surface area contributed by atoms with Crippen LogP contribution in [0.4, 0.5) is 0 Å². The predicted molar refractivity (Wildman–Crippen MR) is 72.2 cm³/mol. The van der Waals surface area contributed by atoms with E-state index in [1.807, 2.05) is 13.0 Å². The monoisotopic (exact) mass is 237 g/mol. The first-order valence-corrected chi connectivity index (χ1v) is 5.74. The van der Waals surface area contributed by atoms with Crippen LogP contribution in [0.25, 0.3) is 0 Å². The van der Waals surface area contributed by atoms with E-state index in [2.05, 4.69) is 32.9 Å². The van der Waals surface area contributed by atoms with Gasteiger partial charge in [0.1, 0.15) is 17.3 Å². The molecule has 1 aromatic carbocycles. The van der Waals surface area contributed by atoms with Crippen LogP contribution in [0.5, 0.6) is 5.75 Å². The molecular formula is C13H19NOS. The largest absolute Gasteiger partial charge is 0.486 e. The second kappa shape index (κ2) is 4.83. The van der Waals surface area contributed by atoms with Gasteiger partial charge in [0.15, 0.2) is 0 Å². The third-order valence-electron chi connectivity index (χ3n) is 2.32. The molecule has 0 saturated carbocycles. The molecule has 0 aromatic heterocycles. The zero-order chi connectivity index (χ0) is 12.3. The summed E-state index contributed by atoms with van der Waals surface area (Å²) in [5, 5.41) is 0. The molecule has 1 aromatic rings. The van der Waals surface area contributed by atoms with Crippen LogP contribution in [0, 0.1) is 6.92 Å². The van der Waals surface area contributed by atoms with E-state index in [9.17, 15) is 0 Å². The molecule has 2 N–H and O–H groups in total. The Morgan fingerprint density at radius 1 is 1.38 bits per heavy atom. The van der Waals surface area contributed by atoms with Crippen LogP contribution >= 0.6 is 12.2 Å². The number of hydrogen-bond acceptors (Lipinski definition) is 2. The van der Waals surface area contributed by atoms with Crippen molar-refractivity contribution in [3.05, 3.63) is 29.3 Å². The Kier molecular flexibility index (Phi) is 3.92. The average molecular weight is 237 g/mol. The van der Waals surface area contributed by atoms with E-state index in [0.717, 1.165) is 5.75 Å². The Balaban J connectivity index is 3.04. The summed E-state index contributed by atoms with van der Waals surface area (Å²) in [4.78, 5) is 0.376. The van der Waals surface area contributed by atoms with Crippen LogP contribution in [-0.4, -0.2) is 11.6 Å². The highest BCUT2D eigenvalue weighted by atomic mass is 32.1. The Bertz CT molecular complexity index is 393. The van der Waals surface area contributed by atoms with Crippen molar-refractivity contribution in [1.82, 2.24) is 0 Å². The molecule has 0 aliphatic heterocycles. The van der Waals surface area contributed by atoms with Crippen LogP contribution in [0.2, 0.25) is 0 Å². The Morgan fingerprint density at radius 2 is 2.00 bits per heavy atom. The maximum Gasteiger partial charge on any atom is 0.138 e. The standard InChI is InChI=1S/C13H19NOS/c1-9-5-6-10(13(2,3)4)11(7-9)15-8-12(14)16/h5-7H,8H2,1-4H3,(H2,14,16). The van der Waals surface area contributed by atoms with Gasteiger partial charge in [0.2, 0.25) is 0 Å². The molecule has 0 heterocycles. The molecule has 0 amide bonds. The summed E-state index contributed by atoms with van der Waals surface area (Å²) in [5.41, 5.74) is 7.85. The zero-order valence-corrected chi connectivity index (χ0v) is 11.1. The van der Waals surface area contributed by atoms with E-state index in [1.165, 1.54) is 11.1 Å². The highest BCUT2D eigenvalue weighted by Gasteiger charge is 2.18. The van der Waals surface area contributed by atoms with Gasteiger partial charge in [-0.05, 0) is 29.5 Å². The summed E-state index contributed by atoms with van der Waals surface area (Å²) in [5.74, 6) is 0.875. The van der Waals surface area contributed by atoms with Crippen molar-refractivity contribution in [3.8, 4) is 5.75 Å². The van der Waals surface area contributed by atoms with Crippen molar-refractivity contribution >= 4 is 17.2 Å². The molecule has 1 rings (SSSR count). The van der Waals surface area contributed by atoms with Crippen molar-refractivity contribution in [1.29, 1.82) is 0 Å². The second-order valence-corrected chi connectivity index (χ2v) is 5.53. The lowest BCUT2D eigenvalue weighted by molar-refractivity contribution is 0.364. The normalized spacial score (nSPS) is 11.2. The van der Waals surface area contributed by atoms with Gasteiger partial charge < -0.3 is 10.5 Å². The number of hydrogen-bond donors (Lipinski definition) is 1. The number of rotatable bonds is 3. The Labute approximate surface area is 103 Å². The molecule has 0 spiro atoms. The van der Waals surface area contributed by atoms with Gasteiger partial charge in [-0.1, -0.05) is 45.1 Å². The number of aryl methyl sites for hydroxylation is 1. The molecule has 16 heavy (non-hydrogen) atoms. The molecular weight excluding hydrogens is 218 g/mol. The zero-order valence-electron chi connectivity index (χ0n) is 10.3. The molecule has 0 bridgehead atoms. The first kappa shape index (κ1) is 13.0. The number of benzene rings is 1. The molecule has 0 atom stereocenters. The minimum atomic E-state index is 0.0548. The highest BCUT2D eigenvalue weighted by molar-refractivity contribution is 7.80. The maximum atomic E-state index is 5.64. The SMILES string of the molecule is Cc1ccc(C(C)(C)C)c(OCC(N)=S)c1. The summed E-state index contributed by atoms with van der Waals surface area (Å²) in [6.45, 7) is 8.81. The summed E-state index contributed by atoms with van der Waals surface area (Å²) in [6.07, 6.45) is 0. The quantitative estimate of drug-likeness (QED) is 0.821. The molecule has 0 fully saturated rings. The molecule has 0 radical (unpaired) electrons. The lowest BCUT2D eigenvalue weighted by Gasteiger charge is -2.23. The number of thiocarbonyl (C=S) groups is 1. The van der Waals surface area contributed by atoms with E-state index >= 15 is 0 Å². The van der Waals surface area contributed by atoms with Crippen LogP contribution < -0.4 is 10.5 Å². The fourth-order valence-electron chi connectivity index (χ4n) is 1.52. The molecule has 0 saturated heterocycles. The predicted octanol–water partition coefficient (Wildman–Crippen LogP) is 2.96. The second-order valence-electron chi connectivity index (χ2n) is 5.00. The number of nitrogens with two attached hydrogens (primary N) is 1. The van der Waals surface area contributed by atoms with Crippen molar-refractivity contribution in [2.45, 2.75) is 33.1 Å². The van der Waals surface area contributed by atoms with Crippen LogP contribution in [0.1, 0.15) is 31.9 Å². The molecule has 88 valence electrons. The van der Waals surface area contributed by atoms with Gasteiger partial charge in [-0.25, -0.2) is 0 Å². The van der Waals surface area contributed by atoms with Crippen molar-refractivity contribution in [2.75, 3.05) is 6.61 Å². The molecule has 2 nitrogen and oxygen atoms in total. The fraction of sp³-hybridized carbons (Fsp3) is 0.462. The molecule has 3 heteroatoms. The third kappa shape index (κ3) is 3.49. The Morgan fingerprint density at radius 3 is 2.50 bits per heavy atom. The molecule has 0 aliphatic carbocycles. The molecule has 0 unspecified atom stereocenters. The Hall–Kier alpha value is -1.09. The summed E-state index contributed by atoms with van der Waals surface area (Å²) < 4.78 is 5.64. The lowest BCUT2D eigenvalue weighted by atomic mass is 9.86. The van der Waals surface area contributed by atoms with Crippen molar-refractivity contribution in [2.24, 2.45) is 5.73 Å². The van der Waals surface area contributed by atoms with Gasteiger partial charge in [-0.3, -0.25) is 0 Å². The van der Waals surface area contributed by atoms with Gasteiger partial charge in [0.05, 0.1) is 0 Å². The van der Waals surface area contributed by atoms with Crippen LogP contribution in [-0.2, 0) is 5.41 Å². The lowest BCUT2D eigenvalue weighted by Crippen LogP contribution is -2.20. The van der Waals surface area contributed by atoms with E-state index < -0.39 is 0 Å². The topological polar surface area (TPSA) is 35.2 Å². The van der Waals surface area contributed by atoms with Gasteiger partial charge in [-0.15, -0.1) is 0 Å². The van der Waals surface area contributed by atoms with Crippen LogP contribution in [0.3, 0.4) is 0 Å². The molecule has 0 aliphatic rings. The summed E-state index contributed by atoms with van der Waals surface area (Å²) in [7, 11) is 0. The van der Waals surface area contributed by atoms with E-state index in [-0.39, 0.29) is 5.41 Å². The smallest absolute Gasteiger partial charge is 0.138 e. The van der Waals surface area contributed by atoms with Gasteiger partial charge in [-0.2, -0.15) is 0 Å². The van der Waals surface area contributed by atoms with Gasteiger partial charge >= 0.3 is 0 Å². The summed E-state index contributed by atoms with van der Waals surface area (Å²) >= 11 is 4.82.